The fraction of sp³-hybridized carbons (Fsp3) is 0.458. The largest absolute Gasteiger partial charge is 0.494 e. The summed E-state index contributed by atoms with van der Waals surface area (Å²) >= 11 is 3.02. The van der Waals surface area contributed by atoms with Crippen molar-refractivity contribution < 1.29 is 9.53 Å². The Morgan fingerprint density at radius 3 is 2.89 bits per heavy atom. The lowest BCUT2D eigenvalue weighted by molar-refractivity contribution is -0.134. The van der Waals surface area contributed by atoms with E-state index in [0.717, 1.165) is 70.7 Å². The highest BCUT2D eigenvalue weighted by molar-refractivity contribution is 7.19. The molecule has 1 unspecified atom stereocenters. The van der Waals surface area contributed by atoms with Crippen molar-refractivity contribution in [2.75, 3.05) is 46.7 Å². The monoisotopic (exact) mass is 511 g/mol. The summed E-state index contributed by atoms with van der Waals surface area (Å²) in [5.41, 5.74) is 2.88. The first-order chi connectivity index (χ1) is 16.9. The van der Waals surface area contributed by atoms with Gasteiger partial charge in [-0.2, -0.15) is 0 Å². The molecule has 0 aliphatic heterocycles. The Bertz CT molecular complexity index is 1370. The predicted octanol–water partition coefficient (Wildman–Crippen LogP) is 3.96. The Hall–Kier alpha value is -2.89. The van der Waals surface area contributed by atoms with Crippen LogP contribution in [-0.2, 0) is 17.6 Å². The number of hydrogen-bond donors (Lipinski definition) is 1. The van der Waals surface area contributed by atoms with Crippen LogP contribution in [0.4, 0.5) is 11.5 Å². The minimum absolute atomic E-state index is 0.0191. The summed E-state index contributed by atoms with van der Waals surface area (Å²) in [7, 11) is 7.68. The van der Waals surface area contributed by atoms with Crippen molar-refractivity contribution in [2.45, 2.75) is 25.7 Å². The van der Waals surface area contributed by atoms with Crippen LogP contribution in [0, 0.1) is 5.92 Å². The zero-order valence-corrected chi connectivity index (χ0v) is 22.0. The molecular formula is C24H29N7O2S2. The zero-order chi connectivity index (χ0) is 24.5. The van der Waals surface area contributed by atoms with E-state index in [4.69, 9.17) is 4.74 Å². The van der Waals surface area contributed by atoms with Crippen LogP contribution in [0.15, 0.2) is 18.5 Å². The van der Waals surface area contributed by atoms with Gasteiger partial charge in [-0.05, 0) is 69.5 Å². The van der Waals surface area contributed by atoms with Crippen molar-refractivity contribution >= 4 is 60.7 Å². The van der Waals surface area contributed by atoms with Gasteiger partial charge >= 0.3 is 0 Å². The smallest absolute Gasteiger partial charge is 0.225 e. The lowest BCUT2D eigenvalue weighted by Gasteiger charge is -2.27. The average Bonchev–Trinajstić information content (AvgIpc) is 3.46. The maximum atomic E-state index is 13.1. The number of thiophene rings is 1. The van der Waals surface area contributed by atoms with Crippen molar-refractivity contribution in [1.82, 2.24) is 29.4 Å². The molecule has 0 saturated heterocycles. The Balaban J connectivity index is 1.39. The average molecular weight is 512 g/mol. The molecule has 184 valence electrons. The van der Waals surface area contributed by atoms with Crippen LogP contribution in [-0.4, -0.2) is 76.6 Å². The number of fused-ring (bicyclic) bond motifs is 4. The number of carbonyl (C=O) groups excluding carboxylic acids is 1. The van der Waals surface area contributed by atoms with E-state index in [1.165, 1.54) is 22.0 Å². The number of nitrogens with zero attached hydrogens (tertiary/aromatic N) is 6. The lowest BCUT2D eigenvalue weighted by Crippen LogP contribution is -2.36. The molecule has 0 bridgehead atoms. The standard InChI is InChI=1S/C24H29N7O2S2/c1-30(2)8-5-9-31(3)24(32)14-6-7-15-19(10-14)34-23-21(15)22(25-13-26-23)27-16-12-20-17(28-29-35-20)11-18(16)33-4/h11-14H,5-10H2,1-4H3,(H,25,26,27). The SMILES string of the molecule is COc1cc2nnsc2cc1Nc1ncnc2sc3c(c12)CCC(C(=O)N(C)CCCN(C)C)C3. The van der Waals surface area contributed by atoms with E-state index in [9.17, 15) is 4.79 Å². The van der Waals surface area contributed by atoms with Crippen molar-refractivity contribution in [3.63, 3.8) is 0 Å². The minimum atomic E-state index is 0.0191. The number of benzene rings is 1. The maximum absolute atomic E-state index is 13.1. The van der Waals surface area contributed by atoms with Crippen LogP contribution < -0.4 is 10.1 Å². The highest BCUT2D eigenvalue weighted by atomic mass is 32.1. The first-order valence-electron chi connectivity index (χ1n) is 11.7. The zero-order valence-electron chi connectivity index (χ0n) is 20.4. The van der Waals surface area contributed by atoms with Crippen LogP contribution in [0.1, 0.15) is 23.3 Å². The number of amides is 1. The Labute approximate surface area is 212 Å². The third-order valence-corrected chi connectivity index (χ3v) is 8.34. The molecule has 3 aromatic heterocycles. The molecule has 1 N–H and O–H groups in total. The van der Waals surface area contributed by atoms with Crippen molar-refractivity contribution in [3.05, 3.63) is 28.9 Å². The summed E-state index contributed by atoms with van der Waals surface area (Å²) in [6.07, 6.45) is 5.01. The molecule has 1 aliphatic rings. The van der Waals surface area contributed by atoms with E-state index in [0.29, 0.717) is 5.75 Å². The molecule has 3 heterocycles. The van der Waals surface area contributed by atoms with Gasteiger partial charge in [-0.25, -0.2) is 9.97 Å². The molecule has 4 aromatic rings. The Morgan fingerprint density at radius 1 is 1.23 bits per heavy atom. The number of aryl methyl sites for hydroxylation is 1. The fourth-order valence-corrected chi connectivity index (χ4v) is 6.51. The number of nitrogens with one attached hydrogen (secondary N) is 1. The van der Waals surface area contributed by atoms with Gasteiger partial charge in [0.2, 0.25) is 5.91 Å². The second-order valence-corrected chi connectivity index (χ2v) is 11.1. The molecule has 0 fully saturated rings. The predicted molar refractivity (Wildman–Crippen MR) is 141 cm³/mol. The number of anilines is 2. The van der Waals surface area contributed by atoms with E-state index < -0.39 is 0 Å². The minimum Gasteiger partial charge on any atom is -0.494 e. The lowest BCUT2D eigenvalue weighted by atomic mass is 9.87. The Morgan fingerprint density at radius 2 is 2.09 bits per heavy atom. The van der Waals surface area contributed by atoms with Crippen LogP contribution in [0.3, 0.4) is 0 Å². The van der Waals surface area contributed by atoms with Crippen LogP contribution in [0.25, 0.3) is 20.4 Å². The van der Waals surface area contributed by atoms with Crippen molar-refractivity contribution in [2.24, 2.45) is 5.92 Å². The summed E-state index contributed by atoms with van der Waals surface area (Å²) in [5, 5.41) is 8.65. The molecule has 1 aromatic carbocycles. The van der Waals surface area contributed by atoms with Crippen LogP contribution >= 0.6 is 22.9 Å². The summed E-state index contributed by atoms with van der Waals surface area (Å²) in [5.74, 6) is 1.70. The first kappa shape index (κ1) is 23.8. The molecule has 11 heteroatoms. The number of methoxy groups -OCH3 is 1. The number of rotatable bonds is 8. The van der Waals surface area contributed by atoms with Gasteiger partial charge in [0.25, 0.3) is 0 Å². The number of aromatic nitrogens is 4. The summed E-state index contributed by atoms with van der Waals surface area (Å²) < 4.78 is 10.6. The van der Waals surface area contributed by atoms with Crippen molar-refractivity contribution in [1.29, 1.82) is 0 Å². The second kappa shape index (κ2) is 10.00. The fourth-order valence-electron chi connectivity index (χ4n) is 4.66. The van der Waals surface area contributed by atoms with Crippen LogP contribution in [0.5, 0.6) is 5.75 Å². The summed E-state index contributed by atoms with van der Waals surface area (Å²) in [6.45, 7) is 1.77. The molecule has 0 radical (unpaired) electrons. The van der Waals surface area contributed by atoms with Crippen molar-refractivity contribution in [3.8, 4) is 5.75 Å². The second-order valence-electron chi connectivity index (χ2n) is 9.18. The molecule has 5 rings (SSSR count). The van der Waals surface area contributed by atoms with Gasteiger partial charge in [-0.15, -0.1) is 16.4 Å². The topological polar surface area (TPSA) is 96.4 Å². The molecule has 0 spiro atoms. The molecule has 9 nitrogen and oxygen atoms in total. The molecule has 1 amide bonds. The molecule has 35 heavy (non-hydrogen) atoms. The van der Waals surface area contributed by atoms with E-state index in [1.54, 1.807) is 24.8 Å². The van der Waals surface area contributed by atoms with E-state index in [-0.39, 0.29) is 11.8 Å². The van der Waals surface area contributed by atoms with Gasteiger partial charge < -0.3 is 19.9 Å². The van der Waals surface area contributed by atoms with Gasteiger partial charge in [0, 0.05) is 30.5 Å². The maximum Gasteiger partial charge on any atom is 0.225 e. The normalized spacial score (nSPS) is 15.5. The number of ether oxygens (including phenoxy) is 1. The highest BCUT2D eigenvalue weighted by Crippen LogP contribution is 2.42. The Kier molecular flexibility index (Phi) is 6.81. The van der Waals surface area contributed by atoms with E-state index in [2.05, 4.69) is 43.9 Å². The van der Waals surface area contributed by atoms with Gasteiger partial charge in [-0.1, -0.05) is 4.49 Å². The van der Waals surface area contributed by atoms with E-state index in [1.807, 2.05) is 24.1 Å². The number of hydrogen-bond acceptors (Lipinski definition) is 10. The molecule has 1 atom stereocenters. The summed E-state index contributed by atoms with van der Waals surface area (Å²) in [4.78, 5) is 28.5. The molecule has 1 aliphatic carbocycles. The third kappa shape index (κ3) is 4.80. The third-order valence-electron chi connectivity index (χ3n) is 6.49. The van der Waals surface area contributed by atoms with E-state index >= 15 is 0 Å². The molecular weight excluding hydrogens is 482 g/mol. The summed E-state index contributed by atoms with van der Waals surface area (Å²) in [6, 6.07) is 3.88. The highest BCUT2D eigenvalue weighted by Gasteiger charge is 2.30. The quantitative estimate of drug-likeness (QED) is 0.380. The molecule has 0 saturated carbocycles. The van der Waals surface area contributed by atoms with Gasteiger partial charge in [-0.3, -0.25) is 4.79 Å². The van der Waals surface area contributed by atoms with Gasteiger partial charge in [0.1, 0.15) is 28.2 Å². The number of carbonyl (C=O) groups is 1. The van der Waals surface area contributed by atoms with Gasteiger partial charge in [0.05, 0.1) is 22.9 Å². The van der Waals surface area contributed by atoms with Crippen LogP contribution in [0.2, 0.25) is 0 Å². The van der Waals surface area contributed by atoms with Gasteiger partial charge in [0.15, 0.2) is 0 Å². The first-order valence-corrected chi connectivity index (χ1v) is 13.3.